The lowest BCUT2D eigenvalue weighted by Gasteiger charge is -2.29. The number of benzene rings is 3. The molecule has 5 rings (SSSR count). The lowest BCUT2D eigenvalue weighted by molar-refractivity contribution is -0.340. The van der Waals surface area contributed by atoms with Crippen LogP contribution in [0.15, 0.2) is 78.9 Å². The van der Waals surface area contributed by atoms with Crippen LogP contribution < -0.4 is 0 Å². The first kappa shape index (κ1) is 34.4. The summed E-state index contributed by atoms with van der Waals surface area (Å²) in [7, 11) is 0. The van der Waals surface area contributed by atoms with Crippen LogP contribution in [-0.4, -0.2) is 12.6 Å². The molecule has 0 saturated heterocycles. The number of unbranched alkanes of at least 4 members (excludes halogenated alkanes) is 2. The fraction of sp³-hybridized carbons (Fsp3) is 0.548. The molecular formula is C42H56O4. The highest BCUT2D eigenvalue weighted by molar-refractivity contribution is 5.89. The smallest absolute Gasteiger partial charge is 0.338 e. The van der Waals surface area contributed by atoms with Gasteiger partial charge >= 0.3 is 5.97 Å². The van der Waals surface area contributed by atoms with Crippen molar-refractivity contribution in [2.24, 2.45) is 11.8 Å². The van der Waals surface area contributed by atoms with Crippen LogP contribution in [0.2, 0.25) is 0 Å². The average Bonchev–Trinajstić information content (AvgIpc) is 3.11. The van der Waals surface area contributed by atoms with Crippen LogP contribution >= 0.6 is 0 Å². The van der Waals surface area contributed by atoms with Crippen molar-refractivity contribution in [1.29, 1.82) is 0 Å². The molecule has 0 aromatic heterocycles. The number of carbonyl (C=O) groups is 1. The molecule has 2 aliphatic carbocycles. The molecule has 248 valence electrons. The molecule has 4 nitrogen and oxygen atoms in total. The van der Waals surface area contributed by atoms with E-state index in [0.717, 1.165) is 23.0 Å². The Morgan fingerprint density at radius 3 is 1.85 bits per heavy atom. The third-order valence-electron chi connectivity index (χ3n) is 10.6. The first-order valence-electron chi connectivity index (χ1n) is 18.3. The van der Waals surface area contributed by atoms with Gasteiger partial charge in [-0.1, -0.05) is 119 Å². The van der Waals surface area contributed by atoms with Gasteiger partial charge in [-0.05, 0) is 109 Å². The molecule has 0 aliphatic heterocycles. The Morgan fingerprint density at radius 2 is 1.26 bits per heavy atom. The molecule has 46 heavy (non-hydrogen) atoms. The van der Waals surface area contributed by atoms with Gasteiger partial charge in [0.25, 0.3) is 0 Å². The molecule has 0 heterocycles. The van der Waals surface area contributed by atoms with E-state index < -0.39 is 6.10 Å². The molecule has 1 atom stereocenters. The van der Waals surface area contributed by atoms with Gasteiger partial charge in [-0.15, -0.1) is 0 Å². The van der Waals surface area contributed by atoms with E-state index in [1.807, 2.05) is 42.5 Å². The number of rotatable bonds is 16. The fourth-order valence-corrected chi connectivity index (χ4v) is 7.70. The molecule has 0 N–H and O–H groups in total. The normalized spacial score (nSPS) is 22.3. The van der Waals surface area contributed by atoms with Gasteiger partial charge in [0.2, 0.25) is 0 Å². The van der Waals surface area contributed by atoms with Gasteiger partial charge in [-0.25, -0.2) is 14.6 Å². The molecule has 0 spiro atoms. The molecule has 2 fully saturated rings. The lowest BCUT2D eigenvalue weighted by atomic mass is 9.77. The third kappa shape index (κ3) is 10.3. The molecule has 4 heteroatoms. The Kier molecular flexibility index (Phi) is 13.8. The molecule has 0 radical (unpaired) electrons. The number of hydrogen-bond donors (Lipinski definition) is 0. The Morgan fingerprint density at radius 1 is 0.674 bits per heavy atom. The molecule has 2 saturated carbocycles. The van der Waals surface area contributed by atoms with E-state index >= 15 is 0 Å². The van der Waals surface area contributed by atoms with Gasteiger partial charge in [-0.2, -0.15) is 0 Å². The maximum atomic E-state index is 13.0. The molecule has 1 unspecified atom stereocenters. The summed E-state index contributed by atoms with van der Waals surface area (Å²) in [6.45, 7) is 4.98. The van der Waals surface area contributed by atoms with E-state index in [1.54, 1.807) is 0 Å². The topological polar surface area (TPSA) is 44.8 Å². The van der Waals surface area contributed by atoms with Gasteiger partial charge in [0.05, 0.1) is 5.56 Å². The van der Waals surface area contributed by atoms with E-state index in [4.69, 9.17) is 14.5 Å². The van der Waals surface area contributed by atoms with Crippen LogP contribution in [0, 0.1) is 11.8 Å². The van der Waals surface area contributed by atoms with Crippen LogP contribution in [0.5, 0.6) is 0 Å². The quantitative estimate of drug-likeness (QED) is 0.0688. The zero-order valence-electron chi connectivity index (χ0n) is 28.3. The van der Waals surface area contributed by atoms with Crippen LogP contribution in [-0.2, 0) is 21.1 Å². The number of carbonyl (C=O) groups excluding carboxylic acids is 1. The Hall–Kier alpha value is -2.95. The Bertz CT molecular complexity index is 1270. The summed E-state index contributed by atoms with van der Waals surface area (Å²) in [5, 5.41) is 0. The number of ether oxygens (including phenoxy) is 1. The second-order valence-electron chi connectivity index (χ2n) is 13.9. The lowest BCUT2D eigenvalue weighted by Crippen LogP contribution is -2.16. The van der Waals surface area contributed by atoms with Crippen molar-refractivity contribution in [2.75, 3.05) is 6.61 Å². The summed E-state index contributed by atoms with van der Waals surface area (Å²) in [6.07, 6.45) is 18.1. The van der Waals surface area contributed by atoms with E-state index in [2.05, 4.69) is 50.2 Å². The van der Waals surface area contributed by atoms with E-state index in [-0.39, 0.29) is 12.6 Å². The highest BCUT2D eigenvalue weighted by Gasteiger charge is 2.24. The predicted octanol–water partition coefficient (Wildman–Crippen LogP) is 11.7. The van der Waals surface area contributed by atoms with Crippen molar-refractivity contribution < 1.29 is 19.3 Å². The zero-order chi connectivity index (χ0) is 32.0. The zero-order valence-corrected chi connectivity index (χ0v) is 28.3. The molecule has 0 bridgehead atoms. The third-order valence-corrected chi connectivity index (χ3v) is 10.6. The van der Waals surface area contributed by atoms with Gasteiger partial charge < -0.3 is 4.74 Å². The second-order valence-corrected chi connectivity index (χ2v) is 13.9. The summed E-state index contributed by atoms with van der Waals surface area (Å²) >= 11 is 0. The van der Waals surface area contributed by atoms with Crippen molar-refractivity contribution >= 4 is 5.97 Å². The molecule has 3 aromatic rings. The first-order chi connectivity index (χ1) is 22.6. The van der Waals surface area contributed by atoms with Crippen LogP contribution in [0.25, 0.3) is 0 Å². The van der Waals surface area contributed by atoms with Crippen molar-refractivity contribution in [3.8, 4) is 0 Å². The molecule has 0 amide bonds. The van der Waals surface area contributed by atoms with Gasteiger partial charge in [0, 0.05) is 0 Å². The minimum absolute atomic E-state index is 0.0755. The predicted molar refractivity (Wildman–Crippen MR) is 187 cm³/mol. The molecule has 2 aliphatic rings. The fourth-order valence-electron chi connectivity index (χ4n) is 7.70. The van der Waals surface area contributed by atoms with E-state index in [1.165, 1.54) is 101 Å². The summed E-state index contributed by atoms with van der Waals surface area (Å²) in [5.74, 6) is 2.75. The highest BCUT2D eigenvalue weighted by Crippen LogP contribution is 2.39. The van der Waals surface area contributed by atoms with Gasteiger partial charge in [-0.3, -0.25) is 0 Å². The Balaban J connectivity index is 1.08. The summed E-state index contributed by atoms with van der Waals surface area (Å²) in [6, 6.07) is 26.7. The van der Waals surface area contributed by atoms with E-state index in [9.17, 15) is 4.79 Å². The standard InChI is InChI=1S/C42H56O4/c1-3-5-7-11-33-16-22-35(23-17-33)37-24-18-34(19-25-37)30-45-46-41(39-12-8-6-9-13-39)31-44-42(43)40-28-26-38(27-29-40)36-20-14-32(10-4-2)15-21-36/h6,8-9,12-13,18-19,24-29,32-33,35-36,41H,3-5,7,10-11,14-17,20-23,30-31H2,1-2H3. The van der Waals surface area contributed by atoms with Crippen LogP contribution in [0.4, 0.5) is 0 Å². The van der Waals surface area contributed by atoms with Crippen molar-refractivity contribution in [3.63, 3.8) is 0 Å². The van der Waals surface area contributed by atoms with Gasteiger partial charge in [0.1, 0.15) is 13.2 Å². The van der Waals surface area contributed by atoms with E-state index in [0.29, 0.717) is 24.0 Å². The SMILES string of the molecule is CCCCCC1CCC(c2ccc(COOC(COC(=O)c3ccc(C4CCC(CCC)CC4)cc3)c3ccccc3)cc2)CC1. The second kappa shape index (κ2) is 18.4. The monoisotopic (exact) mass is 624 g/mol. The average molecular weight is 625 g/mol. The minimum atomic E-state index is -0.519. The summed E-state index contributed by atoms with van der Waals surface area (Å²) < 4.78 is 5.75. The van der Waals surface area contributed by atoms with Crippen LogP contribution in [0.1, 0.15) is 154 Å². The molecule has 3 aromatic carbocycles. The number of esters is 1. The van der Waals surface area contributed by atoms with Crippen molar-refractivity contribution in [3.05, 3.63) is 107 Å². The van der Waals surface area contributed by atoms with Gasteiger partial charge in [0.15, 0.2) is 6.10 Å². The minimum Gasteiger partial charge on any atom is -0.459 e. The van der Waals surface area contributed by atoms with Crippen LogP contribution in [0.3, 0.4) is 0 Å². The number of hydrogen-bond acceptors (Lipinski definition) is 4. The largest absolute Gasteiger partial charge is 0.459 e. The summed E-state index contributed by atoms with van der Waals surface area (Å²) in [4.78, 5) is 24.6. The maximum Gasteiger partial charge on any atom is 0.338 e. The van der Waals surface area contributed by atoms with Crippen molar-refractivity contribution in [1.82, 2.24) is 0 Å². The first-order valence-corrected chi connectivity index (χ1v) is 18.3. The summed E-state index contributed by atoms with van der Waals surface area (Å²) in [5.41, 5.74) is 5.33. The highest BCUT2D eigenvalue weighted by atomic mass is 17.2. The molecular weight excluding hydrogens is 568 g/mol. The maximum absolute atomic E-state index is 13.0. The van der Waals surface area contributed by atoms with Crippen molar-refractivity contribution in [2.45, 2.75) is 128 Å². The Labute approximate surface area is 278 Å².